The molecular formula is C26H18BrCl2NO2. The lowest BCUT2D eigenvalue weighted by Crippen LogP contribution is -2.57. The molecule has 0 radical (unpaired) electrons. The number of nitrogens with zero attached hydrogens (tertiary/aromatic N) is 1. The lowest BCUT2D eigenvalue weighted by Gasteiger charge is -2.54. The SMILES string of the molecule is Cc1cc(N2C(=O)[C@H]3[C@H](C2=O)C2(Cl)c4ccccc4C3(Cl)c3ccccc32)c(C)cc1Br. The number of benzene rings is 3. The molecule has 32 heavy (non-hydrogen) atoms. The summed E-state index contributed by atoms with van der Waals surface area (Å²) >= 11 is 18.5. The summed E-state index contributed by atoms with van der Waals surface area (Å²) in [4.78, 5) is 27.0. The van der Waals surface area contributed by atoms with E-state index in [-0.39, 0.29) is 11.8 Å². The van der Waals surface area contributed by atoms with Gasteiger partial charge in [0.05, 0.1) is 17.5 Å². The second kappa shape index (κ2) is 6.47. The molecule has 2 atom stereocenters. The highest BCUT2D eigenvalue weighted by Gasteiger charge is 2.73. The van der Waals surface area contributed by atoms with Crippen LogP contribution in [0.25, 0.3) is 0 Å². The van der Waals surface area contributed by atoms with E-state index in [1.165, 1.54) is 4.90 Å². The van der Waals surface area contributed by atoms with Gasteiger partial charge in [0.2, 0.25) is 11.8 Å². The lowest BCUT2D eigenvalue weighted by molar-refractivity contribution is -0.122. The van der Waals surface area contributed by atoms with Gasteiger partial charge in [0, 0.05) is 4.47 Å². The van der Waals surface area contributed by atoms with Gasteiger partial charge in [-0.05, 0) is 59.4 Å². The van der Waals surface area contributed by atoms with Crippen LogP contribution in [0.15, 0.2) is 65.1 Å². The van der Waals surface area contributed by atoms with Gasteiger partial charge in [0.1, 0.15) is 9.75 Å². The fraction of sp³-hybridized carbons (Fsp3) is 0.231. The van der Waals surface area contributed by atoms with Crippen molar-refractivity contribution in [3.05, 3.63) is 98.5 Å². The van der Waals surface area contributed by atoms with E-state index in [1.54, 1.807) is 0 Å². The van der Waals surface area contributed by atoms with Gasteiger partial charge < -0.3 is 0 Å². The van der Waals surface area contributed by atoms with Gasteiger partial charge in [-0.2, -0.15) is 0 Å². The summed E-state index contributed by atoms with van der Waals surface area (Å²) in [6.07, 6.45) is 0. The Labute approximate surface area is 204 Å². The van der Waals surface area contributed by atoms with E-state index >= 15 is 0 Å². The Kier molecular flexibility index (Phi) is 4.14. The van der Waals surface area contributed by atoms with Gasteiger partial charge in [0.25, 0.3) is 0 Å². The lowest BCUT2D eigenvalue weighted by atomic mass is 9.54. The normalized spacial score (nSPS) is 29.7. The molecule has 7 rings (SSSR count). The van der Waals surface area contributed by atoms with Crippen molar-refractivity contribution in [2.24, 2.45) is 11.8 Å². The van der Waals surface area contributed by atoms with Crippen LogP contribution in [0.4, 0.5) is 5.69 Å². The first-order chi connectivity index (χ1) is 15.2. The van der Waals surface area contributed by atoms with Crippen LogP contribution >= 0.6 is 39.1 Å². The summed E-state index contributed by atoms with van der Waals surface area (Å²) in [6, 6.07) is 19.1. The Hall–Kier alpha value is -2.14. The number of carbonyl (C=O) groups excluding carboxylic acids is 2. The highest BCUT2D eigenvalue weighted by molar-refractivity contribution is 9.10. The Balaban J connectivity index is 1.65. The minimum Gasteiger partial charge on any atom is -0.274 e. The quantitative estimate of drug-likeness (QED) is 0.281. The van der Waals surface area contributed by atoms with E-state index in [0.29, 0.717) is 5.69 Å². The van der Waals surface area contributed by atoms with E-state index in [0.717, 1.165) is 37.9 Å². The zero-order valence-electron chi connectivity index (χ0n) is 17.3. The van der Waals surface area contributed by atoms with Gasteiger partial charge >= 0.3 is 0 Å². The molecule has 1 aliphatic heterocycles. The average Bonchev–Trinajstić information content (AvgIpc) is 3.06. The van der Waals surface area contributed by atoms with Crippen molar-refractivity contribution in [3.63, 3.8) is 0 Å². The predicted octanol–water partition coefficient (Wildman–Crippen LogP) is 6.16. The molecule has 0 unspecified atom stereocenters. The Morgan fingerprint density at radius 2 is 1.16 bits per heavy atom. The minimum absolute atomic E-state index is 0.297. The summed E-state index contributed by atoms with van der Waals surface area (Å²) in [5, 5.41) is 0. The Bertz CT molecular complexity index is 1250. The van der Waals surface area contributed by atoms with Crippen LogP contribution < -0.4 is 4.90 Å². The minimum atomic E-state index is -1.16. The summed E-state index contributed by atoms with van der Waals surface area (Å²) in [5.74, 6) is -2.17. The van der Waals surface area contributed by atoms with Crippen molar-refractivity contribution < 1.29 is 9.59 Å². The van der Waals surface area contributed by atoms with Crippen molar-refractivity contribution in [1.82, 2.24) is 0 Å². The number of rotatable bonds is 1. The number of hydrogen-bond donors (Lipinski definition) is 0. The molecule has 3 aromatic carbocycles. The number of amides is 2. The smallest absolute Gasteiger partial charge is 0.240 e. The molecule has 0 spiro atoms. The molecule has 1 heterocycles. The van der Waals surface area contributed by atoms with Gasteiger partial charge in [0.15, 0.2) is 0 Å². The van der Waals surface area contributed by atoms with E-state index in [4.69, 9.17) is 23.2 Å². The van der Waals surface area contributed by atoms with Crippen LogP contribution in [-0.2, 0) is 19.3 Å². The van der Waals surface area contributed by atoms with Crippen molar-refractivity contribution in [2.75, 3.05) is 4.90 Å². The zero-order chi connectivity index (χ0) is 22.6. The summed E-state index contributed by atoms with van der Waals surface area (Å²) in [5.41, 5.74) is 5.59. The molecule has 3 nitrogen and oxygen atoms in total. The zero-order valence-corrected chi connectivity index (χ0v) is 20.4. The second-order valence-corrected chi connectivity index (χ2v) is 10.9. The number of hydrogen-bond acceptors (Lipinski definition) is 2. The molecule has 0 aromatic heterocycles. The van der Waals surface area contributed by atoms with Gasteiger partial charge in [-0.25, -0.2) is 4.90 Å². The second-order valence-electron chi connectivity index (χ2n) is 8.87. The number of imide groups is 1. The maximum absolute atomic E-state index is 14.0. The number of aryl methyl sites for hydroxylation is 2. The van der Waals surface area contributed by atoms with E-state index in [9.17, 15) is 9.59 Å². The molecule has 160 valence electrons. The van der Waals surface area contributed by atoms with E-state index in [1.807, 2.05) is 74.5 Å². The topological polar surface area (TPSA) is 37.4 Å². The first-order valence-corrected chi connectivity index (χ1v) is 12.0. The summed E-state index contributed by atoms with van der Waals surface area (Å²) in [7, 11) is 0. The van der Waals surface area contributed by atoms with Crippen LogP contribution in [0.5, 0.6) is 0 Å². The molecule has 2 bridgehead atoms. The predicted molar refractivity (Wildman–Crippen MR) is 129 cm³/mol. The van der Waals surface area contributed by atoms with Crippen LogP contribution in [0.2, 0.25) is 0 Å². The monoisotopic (exact) mass is 525 g/mol. The van der Waals surface area contributed by atoms with E-state index < -0.39 is 21.6 Å². The summed E-state index contributed by atoms with van der Waals surface area (Å²) in [6.45, 7) is 3.83. The molecule has 4 aliphatic rings. The fourth-order valence-electron chi connectivity index (χ4n) is 5.91. The molecule has 2 amide bonds. The standard InChI is InChI=1S/C26H18BrCl2NO2/c1-13-12-20(14(2)11-19(13)27)30-23(31)21-22(24(30)32)26(29)16-8-4-3-7-15(16)25(21,28)17-9-5-6-10-18(17)26/h3-12,21-22H,1-2H3/t21-,22-,25?,26?/m1/s1. The number of carbonyl (C=O) groups is 2. The number of alkyl halides is 2. The molecule has 0 saturated carbocycles. The van der Waals surface area contributed by atoms with Crippen LogP contribution in [0.3, 0.4) is 0 Å². The van der Waals surface area contributed by atoms with Gasteiger partial charge in [-0.1, -0.05) is 64.5 Å². The maximum atomic E-state index is 14.0. The highest BCUT2D eigenvalue weighted by atomic mass is 79.9. The third-order valence-corrected chi connectivity index (χ3v) is 9.44. The average molecular weight is 527 g/mol. The molecule has 0 N–H and O–H groups in total. The maximum Gasteiger partial charge on any atom is 0.240 e. The largest absolute Gasteiger partial charge is 0.274 e. The van der Waals surface area contributed by atoms with Crippen LogP contribution in [-0.4, -0.2) is 11.8 Å². The first-order valence-electron chi connectivity index (χ1n) is 10.4. The molecule has 1 saturated heterocycles. The molecule has 3 aromatic rings. The molecule has 1 fully saturated rings. The van der Waals surface area contributed by atoms with Gasteiger partial charge in [-0.3, -0.25) is 9.59 Å². The van der Waals surface area contributed by atoms with Crippen molar-refractivity contribution in [3.8, 4) is 0 Å². The van der Waals surface area contributed by atoms with Crippen molar-refractivity contribution in [2.45, 2.75) is 23.6 Å². The van der Waals surface area contributed by atoms with Crippen LogP contribution in [0.1, 0.15) is 33.4 Å². The molecule has 3 aliphatic carbocycles. The Morgan fingerprint density at radius 1 is 0.750 bits per heavy atom. The third-order valence-electron chi connectivity index (χ3n) is 7.30. The highest BCUT2D eigenvalue weighted by Crippen LogP contribution is 2.69. The fourth-order valence-corrected chi connectivity index (χ4v) is 7.47. The van der Waals surface area contributed by atoms with Crippen molar-refractivity contribution in [1.29, 1.82) is 0 Å². The van der Waals surface area contributed by atoms with Crippen molar-refractivity contribution >= 4 is 56.6 Å². The molecule has 6 heteroatoms. The van der Waals surface area contributed by atoms with Gasteiger partial charge in [-0.15, -0.1) is 23.2 Å². The number of anilines is 1. The third kappa shape index (κ3) is 2.19. The number of halogens is 3. The van der Waals surface area contributed by atoms with Crippen LogP contribution in [0, 0.1) is 25.7 Å². The van der Waals surface area contributed by atoms with E-state index in [2.05, 4.69) is 15.9 Å². The summed E-state index contributed by atoms with van der Waals surface area (Å²) < 4.78 is 0.928. The first kappa shape index (κ1) is 20.5. The Morgan fingerprint density at radius 3 is 1.56 bits per heavy atom. The molecular weight excluding hydrogens is 509 g/mol.